The third kappa shape index (κ3) is 5.07. The van der Waals surface area contributed by atoms with Crippen molar-refractivity contribution in [3.8, 4) is 0 Å². The first kappa shape index (κ1) is 21.6. The van der Waals surface area contributed by atoms with Gasteiger partial charge in [-0.25, -0.2) is 8.42 Å². The molecule has 156 valence electrons. The zero-order valence-corrected chi connectivity index (χ0v) is 18.2. The van der Waals surface area contributed by atoms with E-state index < -0.39 is 10.0 Å². The Labute approximate surface area is 178 Å². The van der Waals surface area contributed by atoms with Crippen molar-refractivity contribution in [1.82, 2.24) is 5.32 Å². The van der Waals surface area contributed by atoms with Crippen molar-refractivity contribution in [2.45, 2.75) is 38.1 Å². The van der Waals surface area contributed by atoms with Crippen molar-refractivity contribution in [2.75, 3.05) is 4.72 Å². The van der Waals surface area contributed by atoms with Crippen LogP contribution in [0.15, 0.2) is 77.7 Å². The van der Waals surface area contributed by atoms with Crippen molar-refractivity contribution < 1.29 is 13.2 Å². The molecule has 0 saturated carbocycles. The number of carbonyl (C=O) groups is 1. The first-order valence-electron chi connectivity index (χ1n) is 9.86. The highest BCUT2D eigenvalue weighted by Crippen LogP contribution is 2.23. The summed E-state index contributed by atoms with van der Waals surface area (Å²) in [5, 5.41) is 3.04. The molecule has 6 heteroatoms. The van der Waals surface area contributed by atoms with Gasteiger partial charge in [0.25, 0.3) is 15.9 Å². The van der Waals surface area contributed by atoms with E-state index in [1.807, 2.05) is 38.1 Å². The summed E-state index contributed by atoms with van der Waals surface area (Å²) in [5.74, 6) is -0.248. The molecule has 0 aromatic heterocycles. The summed E-state index contributed by atoms with van der Waals surface area (Å²) in [6.07, 6.45) is 0.744. The van der Waals surface area contributed by atoms with Crippen LogP contribution >= 0.6 is 0 Å². The van der Waals surface area contributed by atoms with Crippen molar-refractivity contribution in [1.29, 1.82) is 0 Å². The number of anilines is 1. The largest absolute Gasteiger partial charge is 0.345 e. The normalized spacial score (nSPS) is 12.2. The predicted molar refractivity (Wildman–Crippen MR) is 120 cm³/mol. The van der Waals surface area contributed by atoms with E-state index in [4.69, 9.17) is 0 Å². The molecule has 0 spiro atoms. The number of amides is 1. The second-order valence-electron chi connectivity index (χ2n) is 7.29. The fourth-order valence-corrected chi connectivity index (χ4v) is 4.28. The van der Waals surface area contributed by atoms with Crippen LogP contribution in [0.1, 0.15) is 46.4 Å². The van der Waals surface area contributed by atoms with Gasteiger partial charge in [0.15, 0.2) is 0 Å². The number of hydrogen-bond donors (Lipinski definition) is 2. The third-order valence-electron chi connectivity index (χ3n) is 4.99. The molecular weight excluding hydrogens is 396 g/mol. The monoisotopic (exact) mass is 422 g/mol. The van der Waals surface area contributed by atoms with Gasteiger partial charge >= 0.3 is 0 Å². The molecule has 0 aliphatic rings. The average molecular weight is 423 g/mol. The van der Waals surface area contributed by atoms with Crippen LogP contribution in [0.4, 0.5) is 5.69 Å². The van der Waals surface area contributed by atoms with Crippen molar-refractivity contribution in [3.63, 3.8) is 0 Å². The van der Waals surface area contributed by atoms with E-state index in [2.05, 4.69) is 10.0 Å². The average Bonchev–Trinajstić information content (AvgIpc) is 2.74. The molecule has 0 unspecified atom stereocenters. The lowest BCUT2D eigenvalue weighted by Crippen LogP contribution is -2.28. The fraction of sp³-hybridized carbons (Fsp3) is 0.208. The van der Waals surface area contributed by atoms with Crippen LogP contribution in [0, 0.1) is 13.8 Å². The molecule has 0 aliphatic carbocycles. The van der Waals surface area contributed by atoms with Gasteiger partial charge in [0.2, 0.25) is 0 Å². The molecule has 3 aromatic rings. The highest BCUT2D eigenvalue weighted by atomic mass is 32.2. The second-order valence-corrected chi connectivity index (χ2v) is 8.98. The van der Waals surface area contributed by atoms with Crippen molar-refractivity contribution in [3.05, 3.63) is 95.1 Å². The maximum Gasteiger partial charge on any atom is 0.261 e. The maximum absolute atomic E-state index is 12.9. The molecule has 1 amide bonds. The van der Waals surface area contributed by atoms with Crippen molar-refractivity contribution in [2.24, 2.45) is 0 Å². The molecular formula is C24H26N2O3S. The third-order valence-corrected chi connectivity index (χ3v) is 6.37. The lowest BCUT2D eigenvalue weighted by atomic mass is 10.0. The smallest absolute Gasteiger partial charge is 0.261 e. The Hall–Kier alpha value is -3.12. The Morgan fingerprint density at radius 3 is 2.23 bits per heavy atom. The Morgan fingerprint density at radius 2 is 1.60 bits per heavy atom. The summed E-state index contributed by atoms with van der Waals surface area (Å²) in [4.78, 5) is 13.0. The van der Waals surface area contributed by atoms with E-state index in [0.717, 1.165) is 23.1 Å². The second kappa shape index (κ2) is 9.13. The summed E-state index contributed by atoms with van der Waals surface area (Å²) >= 11 is 0. The molecule has 0 bridgehead atoms. The van der Waals surface area contributed by atoms with Crippen LogP contribution in [0.3, 0.4) is 0 Å². The molecule has 3 rings (SSSR count). The zero-order chi connectivity index (χ0) is 21.7. The Bertz CT molecular complexity index is 1120. The molecule has 3 aromatic carbocycles. The molecule has 2 N–H and O–H groups in total. The highest BCUT2D eigenvalue weighted by molar-refractivity contribution is 7.92. The Morgan fingerprint density at radius 1 is 0.933 bits per heavy atom. The molecule has 5 nitrogen and oxygen atoms in total. The van der Waals surface area contributed by atoms with Crippen LogP contribution < -0.4 is 10.0 Å². The van der Waals surface area contributed by atoms with Crippen LogP contribution in [0.2, 0.25) is 0 Å². The van der Waals surface area contributed by atoms with Gasteiger partial charge in [0, 0.05) is 5.56 Å². The number of rotatable bonds is 7. The molecule has 0 heterocycles. The van der Waals surface area contributed by atoms with E-state index in [9.17, 15) is 13.2 Å². The van der Waals surface area contributed by atoms with Gasteiger partial charge in [-0.2, -0.15) is 0 Å². The quantitative estimate of drug-likeness (QED) is 0.563. The minimum atomic E-state index is -3.73. The first-order chi connectivity index (χ1) is 14.3. The molecule has 1 atom stereocenters. The van der Waals surface area contributed by atoms with Crippen LogP contribution in [0.5, 0.6) is 0 Å². The topological polar surface area (TPSA) is 75.3 Å². The molecule has 0 fully saturated rings. The Balaban J connectivity index is 1.81. The fourth-order valence-electron chi connectivity index (χ4n) is 3.14. The molecule has 30 heavy (non-hydrogen) atoms. The predicted octanol–water partition coefficient (Wildman–Crippen LogP) is 4.99. The highest BCUT2D eigenvalue weighted by Gasteiger charge is 2.18. The summed E-state index contributed by atoms with van der Waals surface area (Å²) in [6, 6.07) is 21.1. The minimum absolute atomic E-state index is 0.121. The number of benzene rings is 3. The number of carbonyl (C=O) groups excluding carboxylic acids is 1. The zero-order valence-electron chi connectivity index (χ0n) is 17.3. The summed E-state index contributed by atoms with van der Waals surface area (Å²) < 4.78 is 27.9. The number of sulfonamides is 1. The lowest BCUT2D eigenvalue weighted by Gasteiger charge is -2.18. The number of aryl methyl sites for hydroxylation is 2. The standard InChI is InChI=1S/C24H26N2O3S/c1-4-22(19-13-10-17(2)11-14-19)25-24(27)20-15-12-18(3)23(16-20)26-30(28,29)21-8-6-5-7-9-21/h5-16,22,26H,4H2,1-3H3,(H,25,27)/t22-/m0/s1. The van der Waals surface area contributed by atoms with Crippen LogP contribution in [0.25, 0.3) is 0 Å². The SMILES string of the molecule is CC[C@H](NC(=O)c1ccc(C)c(NS(=O)(=O)c2ccccc2)c1)c1ccc(C)cc1. The van der Waals surface area contributed by atoms with Crippen molar-refractivity contribution >= 4 is 21.6 Å². The van der Waals surface area contributed by atoms with Gasteiger partial charge < -0.3 is 5.32 Å². The van der Waals surface area contributed by atoms with E-state index in [1.54, 1.807) is 43.3 Å². The van der Waals surface area contributed by atoms with E-state index in [0.29, 0.717) is 11.3 Å². The van der Waals surface area contributed by atoms with Gasteiger partial charge in [-0.1, -0.05) is 61.0 Å². The van der Waals surface area contributed by atoms with Gasteiger partial charge in [0.05, 0.1) is 16.6 Å². The maximum atomic E-state index is 12.9. The summed E-state index contributed by atoms with van der Waals surface area (Å²) in [6.45, 7) is 5.83. The van der Waals surface area contributed by atoms with Gasteiger partial charge in [-0.3, -0.25) is 9.52 Å². The summed E-state index contributed by atoms with van der Waals surface area (Å²) in [5.41, 5.74) is 3.71. The van der Waals surface area contributed by atoms with E-state index in [-0.39, 0.29) is 16.8 Å². The first-order valence-corrected chi connectivity index (χ1v) is 11.3. The number of nitrogens with one attached hydrogen (secondary N) is 2. The molecule has 0 saturated heterocycles. The van der Waals surface area contributed by atoms with Gasteiger partial charge in [0.1, 0.15) is 0 Å². The minimum Gasteiger partial charge on any atom is -0.345 e. The van der Waals surface area contributed by atoms with E-state index >= 15 is 0 Å². The van der Waals surface area contributed by atoms with Crippen LogP contribution in [-0.4, -0.2) is 14.3 Å². The van der Waals surface area contributed by atoms with E-state index in [1.165, 1.54) is 12.1 Å². The Kier molecular flexibility index (Phi) is 6.57. The lowest BCUT2D eigenvalue weighted by molar-refractivity contribution is 0.0935. The number of hydrogen-bond acceptors (Lipinski definition) is 3. The summed E-state index contributed by atoms with van der Waals surface area (Å²) in [7, 11) is -3.73. The molecule has 0 radical (unpaired) electrons. The van der Waals surface area contributed by atoms with Gasteiger partial charge in [-0.05, 0) is 55.7 Å². The van der Waals surface area contributed by atoms with Crippen LogP contribution in [-0.2, 0) is 10.0 Å². The molecule has 0 aliphatic heterocycles. The van der Waals surface area contributed by atoms with Gasteiger partial charge in [-0.15, -0.1) is 0 Å².